The first-order valence-electron chi connectivity index (χ1n) is 9.09. The monoisotopic (exact) mass is 477 g/mol. The second-order valence-electron chi connectivity index (χ2n) is 6.87. The highest BCUT2D eigenvalue weighted by atomic mass is 127. The molecule has 2 aromatic rings. The van der Waals surface area contributed by atoms with Gasteiger partial charge in [-0.05, 0) is 65.6 Å². The number of carbonyl (C=O) groups is 1. The van der Waals surface area contributed by atoms with Crippen LogP contribution in [0.4, 0.5) is 11.4 Å². The minimum Gasteiger partial charge on any atom is -0.496 e. The fourth-order valence-corrected chi connectivity index (χ4v) is 4.33. The number of nitrogens with two attached hydrogens (primary N) is 1. The van der Waals surface area contributed by atoms with Crippen LogP contribution in [-0.4, -0.2) is 16.7 Å². The summed E-state index contributed by atoms with van der Waals surface area (Å²) in [4.78, 5) is 13.3. The second kappa shape index (κ2) is 8.73. The fraction of sp³-hybridized carbons (Fsp3) is 0.333. The zero-order valence-electron chi connectivity index (χ0n) is 15.3. The first-order chi connectivity index (χ1) is 13.0. The maximum absolute atomic E-state index is 13.3. The van der Waals surface area contributed by atoms with Crippen molar-refractivity contribution in [3.63, 3.8) is 0 Å². The van der Waals surface area contributed by atoms with Crippen molar-refractivity contribution >= 4 is 43.6 Å². The van der Waals surface area contributed by atoms with E-state index in [-0.39, 0.29) is 11.8 Å². The summed E-state index contributed by atoms with van der Waals surface area (Å²) in [5, 5.41) is 10.9. The Morgan fingerprint density at radius 1 is 1.26 bits per heavy atom. The van der Waals surface area contributed by atoms with Gasteiger partial charge in [0.25, 0.3) is 0 Å². The molecule has 142 valence electrons. The molecule has 4 N–H and O–H groups in total. The van der Waals surface area contributed by atoms with Crippen molar-refractivity contribution in [1.82, 2.24) is 0 Å². The third-order valence-corrected chi connectivity index (χ3v) is 5.77. The van der Waals surface area contributed by atoms with E-state index in [0.29, 0.717) is 26.6 Å². The Balaban J connectivity index is 1.92. The average Bonchev–Trinajstić information content (AvgIpc) is 3.18. The number of benzene rings is 2. The molecule has 1 saturated carbocycles. The molecule has 0 saturated heterocycles. The predicted octanol–water partition coefficient (Wildman–Crippen LogP) is 4.95. The van der Waals surface area contributed by atoms with Gasteiger partial charge in [-0.3, -0.25) is 10.2 Å². The number of carbonyl (C=O) groups excluding carboxylic acids is 1. The van der Waals surface area contributed by atoms with Crippen LogP contribution in [0.2, 0.25) is 0 Å². The van der Waals surface area contributed by atoms with Crippen molar-refractivity contribution in [2.75, 3.05) is 18.2 Å². The maximum Gasteiger partial charge on any atom is 0.232 e. The molecule has 1 aliphatic carbocycles. The minimum atomic E-state index is -0.260. The van der Waals surface area contributed by atoms with Gasteiger partial charge in [-0.1, -0.05) is 31.0 Å². The molecule has 1 aliphatic rings. The lowest BCUT2D eigenvalue weighted by molar-refractivity contribution is -0.118. The highest BCUT2D eigenvalue weighted by Crippen LogP contribution is 2.41. The van der Waals surface area contributed by atoms with Crippen molar-refractivity contribution in [3.05, 3.63) is 53.6 Å². The van der Waals surface area contributed by atoms with Gasteiger partial charge in [-0.25, -0.2) is 0 Å². The molecule has 0 aromatic heterocycles. The lowest BCUT2D eigenvalue weighted by atomic mass is 9.83. The molecule has 1 atom stereocenters. The van der Waals surface area contributed by atoms with Gasteiger partial charge in [0.05, 0.1) is 13.0 Å². The number of anilines is 2. The Labute approximate surface area is 173 Å². The number of methoxy groups -OCH3 is 1. The Hall–Kier alpha value is -2.09. The number of hydrogen-bond acceptors (Lipinski definition) is 4. The molecule has 0 radical (unpaired) electrons. The SMILES string of the molecule is COc1ccccc1C(C(=O)Nc1ccc(N)c(C(=N)I)c1)C1CCCC1. The zero-order chi connectivity index (χ0) is 19.4. The van der Waals surface area contributed by atoms with Gasteiger partial charge >= 0.3 is 0 Å². The summed E-state index contributed by atoms with van der Waals surface area (Å²) >= 11 is 1.92. The van der Waals surface area contributed by atoms with Crippen molar-refractivity contribution < 1.29 is 9.53 Å². The summed E-state index contributed by atoms with van der Waals surface area (Å²) in [5.74, 6) is 0.750. The standard InChI is InChI=1S/C21H24IN3O2/c1-27-18-9-5-4-8-15(18)19(13-6-2-3-7-13)21(26)25-14-10-11-17(23)16(12-14)20(22)24/h4-5,8-13,19,24H,2-3,6-7,23H2,1H3,(H,25,26). The third kappa shape index (κ3) is 4.43. The van der Waals surface area contributed by atoms with E-state index in [2.05, 4.69) is 5.32 Å². The number of para-hydroxylation sites is 1. The highest BCUT2D eigenvalue weighted by Gasteiger charge is 2.34. The number of halogens is 1. The van der Waals surface area contributed by atoms with E-state index in [9.17, 15) is 4.79 Å². The molecule has 3 rings (SSSR count). The van der Waals surface area contributed by atoms with Gasteiger partial charge < -0.3 is 15.8 Å². The summed E-state index contributed by atoms with van der Waals surface area (Å²) in [6, 6.07) is 13.0. The first kappa shape index (κ1) is 19.7. The van der Waals surface area contributed by atoms with Crippen molar-refractivity contribution in [1.29, 1.82) is 5.41 Å². The molecule has 0 bridgehead atoms. The molecular weight excluding hydrogens is 453 g/mol. The van der Waals surface area contributed by atoms with Gasteiger partial charge in [0.2, 0.25) is 5.91 Å². The van der Waals surface area contributed by atoms with E-state index in [0.717, 1.165) is 37.0 Å². The second-order valence-corrected chi connectivity index (χ2v) is 7.95. The summed E-state index contributed by atoms with van der Waals surface area (Å²) in [6.45, 7) is 0. The molecule has 6 heteroatoms. The molecule has 2 aromatic carbocycles. The Bertz CT molecular complexity index is 847. The smallest absolute Gasteiger partial charge is 0.232 e. The van der Waals surface area contributed by atoms with Crippen LogP contribution in [0.3, 0.4) is 0 Å². The zero-order valence-corrected chi connectivity index (χ0v) is 17.5. The summed E-state index contributed by atoms with van der Waals surface area (Å²) in [7, 11) is 1.64. The third-order valence-electron chi connectivity index (χ3n) is 5.18. The summed E-state index contributed by atoms with van der Waals surface area (Å²) in [5.41, 5.74) is 8.68. The molecule has 0 aliphatic heterocycles. The van der Waals surface area contributed by atoms with E-state index in [1.54, 1.807) is 25.3 Å². The number of nitrogens with one attached hydrogen (secondary N) is 2. The molecule has 0 heterocycles. The van der Waals surface area contributed by atoms with Crippen molar-refractivity contribution in [3.8, 4) is 5.75 Å². The topological polar surface area (TPSA) is 88.2 Å². The quantitative estimate of drug-likeness (QED) is 0.313. The van der Waals surface area contributed by atoms with Crippen LogP contribution in [-0.2, 0) is 4.79 Å². The Kier molecular flexibility index (Phi) is 6.36. The van der Waals surface area contributed by atoms with Crippen LogP contribution >= 0.6 is 22.6 Å². The molecule has 1 amide bonds. The molecule has 0 spiro atoms. The minimum absolute atomic E-state index is 0.0397. The molecular formula is C21H24IN3O2. The Morgan fingerprint density at radius 2 is 1.96 bits per heavy atom. The lowest BCUT2D eigenvalue weighted by Gasteiger charge is -2.25. The molecule has 1 unspecified atom stereocenters. The lowest BCUT2D eigenvalue weighted by Crippen LogP contribution is -2.27. The maximum atomic E-state index is 13.3. The van der Waals surface area contributed by atoms with Crippen LogP contribution in [0.15, 0.2) is 42.5 Å². The van der Waals surface area contributed by atoms with Gasteiger partial charge in [0, 0.05) is 22.5 Å². The first-order valence-corrected chi connectivity index (χ1v) is 10.2. The van der Waals surface area contributed by atoms with Crippen molar-refractivity contribution in [2.24, 2.45) is 5.92 Å². The van der Waals surface area contributed by atoms with E-state index in [1.165, 1.54) is 0 Å². The average molecular weight is 477 g/mol. The predicted molar refractivity (Wildman–Crippen MR) is 118 cm³/mol. The van der Waals surface area contributed by atoms with Crippen LogP contribution in [0.25, 0.3) is 0 Å². The van der Waals surface area contributed by atoms with E-state index >= 15 is 0 Å². The largest absolute Gasteiger partial charge is 0.496 e. The van der Waals surface area contributed by atoms with E-state index in [1.807, 2.05) is 46.9 Å². The summed E-state index contributed by atoms with van der Waals surface area (Å²) in [6.07, 6.45) is 4.40. The number of amides is 1. The summed E-state index contributed by atoms with van der Waals surface area (Å²) < 4.78 is 5.87. The number of nitrogen functional groups attached to an aromatic ring is 1. The van der Waals surface area contributed by atoms with E-state index < -0.39 is 0 Å². The Morgan fingerprint density at radius 3 is 2.63 bits per heavy atom. The fourth-order valence-electron chi connectivity index (χ4n) is 3.87. The number of ether oxygens (including phenoxy) is 1. The van der Waals surface area contributed by atoms with Crippen LogP contribution < -0.4 is 15.8 Å². The van der Waals surface area contributed by atoms with Crippen molar-refractivity contribution in [2.45, 2.75) is 31.6 Å². The van der Waals surface area contributed by atoms with Crippen LogP contribution in [0, 0.1) is 11.3 Å². The normalized spacial score (nSPS) is 15.3. The molecule has 1 fully saturated rings. The van der Waals surface area contributed by atoms with Gasteiger partial charge in [-0.15, -0.1) is 0 Å². The van der Waals surface area contributed by atoms with Gasteiger partial charge in [-0.2, -0.15) is 0 Å². The highest BCUT2D eigenvalue weighted by molar-refractivity contribution is 14.1. The van der Waals surface area contributed by atoms with Crippen LogP contribution in [0.5, 0.6) is 5.75 Å². The van der Waals surface area contributed by atoms with Gasteiger partial charge in [0.15, 0.2) is 0 Å². The molecule has 5 nitrogen and oxygen atoms in total. The van der Waals surface area contributed by atoms with Crippen LogP contribution in [0.1, 0.15) is 42.7 Å². The number of rotatable bonds is 6. The van der Waals surface area contributed by atoms with E-state index in [4.69, 9.17) is 15.9 Å². The van der Waals surface area contributed by atoms with Gasteiger partial charge in [0.1, 0.15) is 9.47 Å². The number of hydrogen-bond donors (Lipinski definition) is 3. The molecule has 27 heavy (non-hydrogen) atoms.